The van der Waals surface area contributed by atoms with Crippen LogP contribution in [0.3, 0.4) is 0 Å². The normalized spacial score (nSPS) is 10.9. The molecule has 134 valence electrons. The van der Waals surface area contributed by atoms with Crippen molar-refractivity contribution in [1.29, 1.82) is 0 Å². The van der Waals surface area contributed by atoms with E-state index in [1.807, 2.05) is 24.4 Å². The number of hydrogen-bond donors (Lipinski definition) is 1. The van der Waals surface area contributed by atoms with Crippen molar-refractivity contribution in [2.24, 2.45) is 0 Å². The largest absolute Gasteiger partial charge is 0.310 e. The van der Waals surface area contributed by atoms with Gasteiger partial charge in [-0.3, -0.25) is 14.9 Å². The van der Waals surface area contributed by atoms with E-state index >= 15 is 0 Å². The zero-order valence-electron chi connectivity index (χ0n) is 15.0. The van der Waals surface area contributed by atoms with Gasteiger partial charge in [0.15, 0.2) is 5.13 Å². The lowest BCUT2D eigenvalue weighted by molar-refractivity contribution is 0.102. The number of amides is 1. The summed E-state index contributed by atoms with van der Waals surface area (Å²) in [5.41, 5.74) is 2.91. The molecule has 0 bridgehead atoms. The number of carbonyl (C=O) groups is 1. The first-order valence-electron chi connectivity index (χ1n) is 8.46. The highest BCUT2D eigenvalue weighted by Gasteiger charge is 2.14. The Labute approximate surface area is 156 Å². The molecule has 6 heteroatoms. The fraction of sp³-hybridized carbons (Fsp3) is 0.250. The minimum absolute atomic E-state index is 0.110. The molecule has 0 saturated heterocycles. The summed E-state index contributed by atoms with van der Waals surface area (Å²) in [5, 5.41) is 5.03. The first-order chi connectivity index (χ1) is 12.4. The molecule has 3 aromatic rings. The highest BCUT2D eigenvalue weighted by atomic mass is 32.1. The van der Waals surface area contributed by atoms with Gasteiger partial charge in [0.05, 0.1) is 12.2 Å². The molecule has 0 radical (unpaired) electrons. The fourth-order valence-corrected chi connectivity index (χ4v) is 3.30. The van der Waals surface area contributed by atoms with Gasteiger partial charge in [0.2, 0.25) is 0 Å². The second-order valence-corrected chi connectivity index (χ2v) is 7.36. The number of hydrogen-bond acceptors (Lipinski definition) is 4. The second-order valence-electron chi connectivity index (χ2n) is 6.50. The molecule has 26 heavy (non-hydrogen) atoms. The standard InChI is InChI=1S/C20H21N3O2S/c1-13(2)16-8-6-15(7-9-16)11-23-10-4-5-17(19(23)25)18(24)22-20-21-14(3)12-26-20/h4-10,12-13H,11H2,1-3H3,(H,21,22,24). The van der Waals surface area contributed by atoms with Gasteiger partial charge in [0.25, 0.3) is 11.5 Å². The van der Waals surface area contributed by atoms with Crippen LogP contribution in [0.5, 0.6) is 0 Å². The number of rotatable bonds is 5. The lowest BCUT2D eigenvalue weighted by Gasteiger charge is -2.10. The number of aromatic nitrogens is 2. The minimum Gasteiger partial charge on any atom is -0.310 e. The van der Waals surface area contributed by atoms with Crippen LogP contribution in [0.15, 0.2) is 52.8 Å². The van der Waals surface area contributed by atoms with Crippen molar-refractivity contribution in [1.82, 2.24) is 9.55 Å². The van der Waals surface area contributed by atoms with E-state index in [0.717, 1.165) is 11.3 Å². The van der Waals surface area contributed by atoms with E-state index in [1.165, 1.54) is 23.0 Å². The topological polar surface area (TPSA) is 64.0 Å². The molecule has 0 aliphatic heterocycles. The van der Waals surface area contributed by atoms with Gasteiger partial charge >= 0.3 is 0 Å². The summed E-state index contributed by atoms with van der Waals surface area (Å²) in [6.45, 7) is 6.57. The minimum atomic E-state index is -0.436. The Morgan fingerprint density at radius 1 is 1.23 bits per heavy atom. The van der Waals surface area contributed by atoms with Crippen molar-refractivity contribution in [3.05, 3.63) is 80.7 Å². The SMILES string of the molecule is Cc1csc(NC(=O)c2cccn(Cc3ccc(C(C)C)cc3)c2=O)n1. The monoisotopic (exact) mass is 367 g/mol. The molecule has 0 spiro atoms. The molecule has 3 rings (SSSR count). The van der Waals surface area contributed by atoms with E-state index in [0.29, 0.717) is 17.6 Å². The van der Waals surface area contributed by atoms with Crippen LogP contribution < -0.4 is 10.9 Å². The zero-order valence-corrected chi connectivity index (χ0v) is 15.8. The maximum Gasteiger partial charge on any atom is 0.263 e. The average molecular weight is 367 g/mol. The van der Waals surface area contributed by atoms with Gasteiger partial charge in [-0.25, -0.2) is 4.98 Å². The van der Waals surface area contributed by atoms with Crippen LogP contribution in [0.25, 0.3) is 0 Å². The lowest BCUT2D eigenvalue weighted by Crippen LogP contribution is -2.29. The Balaban J connectivity index is 1.80. The molecular weight excluding hydrogens is 346 g/mol. The molecular formula is C20H21N3O2S. The van der Waals surface area contributed by atoms with Crippen LogP contribution in [0.1, 0.15) is 46.9 Å². The van der Waals surface area contributed by atoms with E-state index in [-0.39, 0.29) is 11.1 Å². The summed E-state index contributed by atoms with van der Waals surface area (Å²) in [6, 6.07) is 11.4. The first kappa shape index (κ1) is 18.1. The Hall–Kier alpha value is -2.73. The Morgan fingerprint density at radius 2 is 1.96 bits per heavy atom. The van der Waals surface area contributed by atoms with Crippen molar-refractivity contribution in [2.45, 2.75) is 33.2 Å². The fourth-order valence-electron chi connectivity index (χ4n) is 2.61. The summed E-state index contributed by atoms with van der Waals surface area (Å²) in [4.78, 5) is 29.3. The van der Waals surface area contributed by atoms with Crippen LogP contribution in [0, 0.1) is 6.92 Å². The van der Waals surface area contributed by atoms with Crippen molar-refractivity contribution in [2.75, 3.05) is 5.32 Å². The third kappa shape index (κ3) is 4.08. The number of benzene rings is 1. The van der Waals surface area contributed by atoms with Crippen molar-refractivity contribution in [3.8, 4) is 0 Å². The number of nitrogens with zero attached hydrogens (tertiary/aromatic N) is 2. The van der Waals surface area contributed by atoms with Crippen molar-refractivity contribution >= 4 is 22.4 Å². The van der Waals surface area contributed by atoms with E-state index in [9.17, 15) is 9.59 Å². The van der Waals surface area contributed by atoms with Crippen LogP contribution in [-0.2, 0) is 6.54 Å². The molecule has 0 unspecified atom stereocenters. The highest BCUT2D eigenvalue weighted by Crippen LogP contribution is 2.16. The predicted octanol–water partition coefficient (Wildman–Crippen LogP) is 4.04. The van der Waals surface area contributed by atoms with E-state index in [2.05, 4.69) is 36.3 Å². The maximum absolute atomic E-state index is 12.7. The molecule has 2 aromatic heterocycles. The molecule has 0 atom stereocenters. The average Bonchev–Trinajstić information content (AvgIpc) is 3.02. The lowest BCUT2D eigenvalue weighted by atomic mass is 10.0. The van der Waals surface area contributed by atoms with Gasteiger partial charge in [-0.2, -0.15) is 0 Å². The van der Waals surface area contributed by atoms with E-state index in [4.69, 9.17) is 0 Å². The van der Waals surface area contributed by atoms with Crippen LogP contribution in [-0.4, -0.2) is 15.5 Å². The number of nitrogens with one attached hydrogen (secondary N) is 1. The van der Waals surface area contributed by atoms with Gasteiger partial charge < -0.3 is 4.57 Å². The molecule has 0 fully saturated rings. The van der Waals surface area contributed by atoms with Crippen molar-refractivity contribution < 1.29 is 4.79 Å². The van der Waals surface area contributed by atoms with Gasteiger partial charge in [0.1, 0.15) is 5.56 Å². The molecule has 0 aliphatic carbocycles. The third-order valence-electron chi connectivity index (χ3n) is 4.10. The molecule has 1 aromatic carbocycles. The molecule has 5 nitrogen and oxygen atoms in total. The van der Waals surface area contributed by atoms with Crippen molar-refractivity contribution in [3.63, 3.8) is 0 Å². The summed E-state index contributed by atoms with van der Waals surface area (Å²) in [6.07, 6.45) is 1.70. The second kappa shape index (κ2) is 7.66. The number of pyridine rings is 1. The molecule has 1 N–H and O–H groups in total. The van der Waals surface area contributed by atoms with E-state index < -0.39 is 5.91 Å². The van der Waals surface area contributed by atoms with Gasteiger partial charge in [-0.15, -0.1) is 11.3 Å². The Bertz CT molecular complexity index is 971. The summed E-state index contributed by atoms with van der Waals surface area (Å²) in [7, 11) is 0. The summed E-state index contributed by atoms with van der Waals surface area (Å²) < 4.78 is 1.55. The number of thiazole rings is 1. The molecule has 1 amide bonds. The third-order valence-corrected chi connectivity index (χ3v) is 4.98. The van der Waals surface area contributed by atoms with Crippen LogP contribution in [0.2, 0.25) is 0 Å². The van der Waals surface area contributed by atoms with E-state index in [1.54, 1.807) is 16.8 Å². The smallest absolute Gasteiger partial charge is 0.263 e. The highest BCUT2D eigenvalue weighted by molar-refractivity contribution is 7.13. The van der Waals surface area contributed by atoms with Crippen LogP contribution in [0.4, 0.5) is 5.13 Å². The molecule has 0 aliphatic rings. The quantitative estimate of drug-likeness (QED) is 0.740. The van der Waals surface area contributed by atoms with Gasteiger partial charge in [-0.05, 0) is 36.1 Å². The number of carbonyl (C=O) groups excluding carboxylic acids is 1. The predicted molar refractivity (Wildman–Crippen MR) is 105 cm³/mol. The van der Waals surface area contributed by atoms with Gasteiger partial charge in [-0.1, -0.05) is 38.1 Å². The number of aryl methyl sites for hydroxylation is 1. The number of anilines is 1. The van der Waals surface area contributed by atoms with Crippen LogP contribution >= 0.6 is 11.3 Å². The Morgan fingerprint density at radius 3 is 2.58 bits per heavy atom. The molecule has 0 saturated carbocycles. The zero-order chi connectivity index (χ0) is 18.7. The molecule has 2 heterocycles. The Kier molecular flexibility index (Phi) is 5.32. The summed E-state index contributed by atoms with van der Waals surface area (Å²) in [5.74, 6) is 0.0298. The van der Waals surface area contributed by atoms with Gasteiger partial charge in [0, 0.05) is 11.6 Å². The maximum atomic E-state index is 12.7. The first-order valence-corrected chi connectivity index (χ1v) is 9.34. The summed E-state index contributed by atoms with van der Waals surface area (Å²) >= 11 is 1.34.